The molecule has 1 aromatic rings. The van der Waals surface area contributed by atoms with Crippen LogP contribution in [0.3, 0.4) is 0 Å². The quantitative estimate of drug-likeness (QED) is 0.714. The third kappa shape index (κ3) is 3.67. The molecule has 128 valence electrons. The Bertz CT molecular complexity index is 570. The van der Waals surface area contributed by atoms with Crippen LogP contribution in [0.1, 0.15) is 49.4 Å². The van der Waals surface area contributed by atoms with Crippen LogP contribution in [0, 0.1) is 5.92 Å². The lowest BCUT2D eigenvalue weighted by atomic mass is 9.79. The van der Waals surface area contributed by atoms with Crippen molar-refractivity contribution in [1.29, 1.82) is 0 Å². The average Bonchev–Trinajstić information content (AvgIpc) is 2.55. The lowest BCUT2D eigenvalue weighted by Crippen LogP contribution is -2.61. The Morgan fingerprint density at radius 2 is 1.70 bits per heavy atom. The monoisotopic (exact) mass is 356 g/mol. The van der Waals surface area contributed by atoms with Crippen LogP contribution in [0.2, 0.25) is 10.0 Å². The molecule has 1 aliphatic carbocycles. The van der Waals surface area contributed by atoms with Crippen molar-refractivity contribution < 1.29 is 4.79 Å². The Balaban J connectivity index is 2.30. The van der Waals surface area contributed by atoms with Gasteiger partial charge in [0.15, 0.2) is 0 Å². The molecule has 5 heteroatoms. The van der Waals surface area contributed by atoms with Crippen LogP contribution in [0.5, 0.6) is 0 Å². The van der Waals surface area contributed by atoms with E-state index in [0.29, 0.717) is 21.5 Å². The third-order valence-corrected chi connectivity index (χ3v) is 6.17. The van der Waals surface area contributed by atoms with Gasteiger partial charge in [-0.05, 0) is 58.0 Å². The van der Waals surface area contributed by atoms with Crippen molar-refractivity contribution in [3.8, 4) is 0 Å². The molecular weight excluding hydrogens is 331 g/mol. The molecule has 1 saturated carbocycles. The Morgan fingerprint density at radius 1 is 1.09 bits per heavy atom. The smallest absolute Gasteiger partial charge is 0.255 e. The summed E-state index contributed by atoms with van der Waals surface area (Å²) in [4.78, 5) is 17.0. The van der Waals surface area contributed by atoms with Gasteiger partial charge >= 0.3 is 0 Å². The molecule has 0 aliphatic heterocycles. The van der Waals surface area contributed by atoms with Crippen LogP contribution >= 0.6 is 23.2 Å². The number of amides is 1. The number of nitrogens with zero attached hydrogens (tertiary/aromatic N) is 2. The van der Waals surface area contributed by atoms with Gasteiger partial charge in [-0.25, -0.2) is 0 Å². The zero-order valence-electron chi connectivity index (χ0n) is 14.4. The highest BCUT2D eigenvalue weighted by atomic mass is 35.5. The van der Waals surface area contributed by atoms with Crippen molar-refractivity contribution in [3.63, 3.8) is 0 Å². The SMILES string of the molecule is CN(C)C(C)(C1CCCCC1)N(C)C(=O)c1ccc(Cl)c(Cl)c1. The molecular formula is C18H26Cl2N2O. The average molecular weight is 357 g/mol. The molecule has 1 amide bonds. The molecule has 0 heterocycles. The minimum Gasteiger partial charge on any atom is -0.323 e. The van der Waals surface area contributed by atoms with E-state index in [0.717, 1.165) is 12.8 Å². The zero-order chi connectivity index (χ0) is 17.2. The van der Waals surface area contributed by atoms with Crippen molar-refractivity contribution in [2.24, 2.45) is 5.92 Å². The maximum atomic E-state index is 13.0. The lowest BCUT2D eigenvalue weighted by molar-refractivity contribution is -0.0443. The Hall–Kier alpha value is -0.770. The number of hydrogen-bond acceptors (Lipinski definition) is 2. The molecule has 1 aliphatic rings. The van der Waals surface area contributed by atoms with Gasteiger partial charge in [0.1, 0.15) is 0 Å². The summed E-state index contributed by atoms with van der Waals surface area (Å²) in [6, 6.07) is 5.07. The number of halogens is 2. The summed E-state index contributed by atoms with van der Waals surface area (Å²) in [7, 11) is 5.99. The molecule has 0 spiro atoms. The van der Waals surface area contributed by atoms with Crippen LogP contribution < -0.4 is 0 Å². The molecule has 3 nitrogen and oxygen atoms in total. The molecule has 2 rings (SSSR count). The van der Waals surface area contributed by atoms with Crippen molar-refractivity contribution in [3.05, 3.63) is 33.8 Å². The van der Waals surface area contributed by atoms with Gasteiger partial charge in [0.05, 0.1) is 15.7 Å². The van der Waals surface area contributed by atoms with Gasteiger partial charge in [-0.3, -0.25) is 9.69 Å². The fraction of sp³-hybridized carbons (Fsp3) is 0.611. The summed E-state index contributed by atoms with van der Waals surface area (Å²) in [5.74, 6) is 0.452. The maximum absolute atomic E-state index is 13.0. The van der Waals surface area contributed by atoms with Crippen LogP contribution in [0.4, 0.5) is 0 Å². The fourth-order valence-electron chi connectivity index (χ4n) is 3.62. The van der Waals surface area contributed by atoms with Crippen LogP contribution in [0.25, 0.3) is 0 Å². The molecule has 0 radical (unpaired) electrons. The standard InChI is InChI=1S/C18H26Cl2N2O/c1-18(21(2)3,14-8-6-5-7-9-14)22(4)17(23)13-10-11-15(19)16(20)12-13/h10-12,14H,5-9H2,1-4H3. The predicted molar refractivity (Wildman–Crippen MR) is 97.2 cm³/mol. The van der Waals surface area contributed by atoms with E-state index >= 15 is 0 Å². The highest BCUT2D eigenvalue weighted by Crippen LogP contribution is 2.38. The Kier molecular flexibility index (Phi) is 5.99. The summed E-state index contributed by atoms with van der Waals surface area (Å²) < 4.78 is 0. The normalized spacial score (nSPS) is 18.7. The van der Waals surface area contributed by atoms with Crippen molar-refractivity contribution in [2.45, 2.75) is 44.7 Å². The number of benzene rings is 1. The van der Waals surface area contributed by atoms with E-state index in [9.17, 15) is 4.79 Å². The minimum atomic E-state index is -0.316. The fourth-order valence-corrected chi connectivity index (χ4v) is 3.91. The van der Waals surface area contributed by atoms with E-state index < -0.39 is 0 Å². The van der Waals surface area contributed by atoms with E-state index in [1.165, 1.54) is 19.3 Å². The van der Waals surface area contributed by atoms with Crippen LogP contribution in [-0.2, 0) is 0 Å². The van der Waals surface area contributed by atoms with Gasteiger partial charge in [-0.2, -0.15) is 0 Å². The first-order valence-corrected chi connectivity index (χ1v) is 8.94. The molecule has 1 atom stereocenters. The largest absolute Gasteiger partial charge is 0.323 e. The molecule has 0 N–H and O–H groups in total. The van der Waals surface area contributed by atoms with Gasteiger partial charge in [0.25, 0.3) is 5.91 Å². The lowest BCUT2D eigenvalue weighted by Gasteiger charge is -2.50. The third-order valence-electron chi connectivity index (χ3n) is 5.43. The number of rotatable bonds is 4. The van der Waals surface area contributed by atoms with Gasteiger partial charge in [-0.1, -0.05) is 42.5 Å². The van der Waals surface area contributed by atoms with Crippen molar-refractivity contribution in [1.82, 2.24) is 9.80 Å². The molecule has 1 unspecified atom stereocenters. The van der Waals surface area contributed by atoms with E-state index in [4.69, 9.17) is 23.2 Å². The van der Waals surface area contributed by atoms with E-state index in [-0.39, 0.29) is 11.6 Å². The highest BCUT2D eigenvalue weighted by molar-refractivity contribution is 6.42. The van der Waals surface area contributed by atoms with Gasteiger partial charge in [-0.15, -0.1) is 0 Å². The predicted octanol–water partition coefficient (Wildman–Crippen LogP) is 4.92. The summed E-state index contributed by atoms with van der Waals surface area (Å²) in [5.41, 5.74) is 0.259. The maximum Gasteiger partial charge on any atom is 0.255 e. The molecule has 1 fully saturated rings. The topological polar surface area (TPSA) is 23.6 Å². The number of carbonyl (C=O) groups excluding carboxylic acids is 1. The van der Waals surface area contributed by atoms with E-state index in [1.807, 2.05) is 26.0 Å². The summed E-state index contributed by atoms with van der Waals surface area (Å²) in [5, 5.41) is 0.878. The first-order chi connectivity index (χ1) is 10.8. The second-order valence-corrected chi connectivity index (χ2v) is 7.63. The van der Waals surface area contributed by atoms with Crippen LogP contribution in [-0.4, -0.2) is 42.5 Å². The number of carbonyl (C=O) groups is 1. The summed E-state index contributed by atoms with van der Waals surface area (Å²) >= 11 is 12.0. The zero-order valence-corrected chi connectivity index (χ0v) is 15.9. The van der Waals surface area contributed by atoms with E-state index in [1.54, 1.807) is 18.2 Å². The first kappa shape index (κ1) is 18.6. The number of hydrogen-bond donors (Lipinski definition) is 0. The minimum absolute atomic E-state index is 0.0228. The molecule has 1 aromatic carbocycles. The van der Waals surface area contributed by atoms with Crippen molar-refractivity contribution in [2.75, 3.05) is 21.1 Å². The Morgan fingerprint density at radius 3 is 2.22 bits per heavy atom. The first-order valence-electron chi connectivity index (χ1n) is 8.19. The van der Waals surface area contributed by atoms with E-state index in [2.05, 4.69) is 11.8 Å². The van der Waals surface area contributed by atoms with Crippen LogP contribution in [0.15, 0.2) is 18.2 Å². The molecule has 0 aromatic heterocycles. The summed E-state index contributed by atoms with van der Waals surface area (Å²) in [6.45, 7) is 2.17. The van der Waals surface area contributed by atoms with Gasteiger partial charge in [0, 0.05) is 12.6 Å². The van der Waals surface area contributed by atoms with Gasteiger partial charge < -0.3 is 4.90 Å². The van der Waals surface area contributed by atoms with Crippen molar-refractivity contribution >= 4 is 29.1 Å². The molecule has 23 heavy (non-hydrogen) atoms. The van der Waals surface area contributed by atoms with Gasteiger partial charge in [0.2, 0.25) is 0 Å². The summed E-state index contributed by atoms with van der Waals surface area (Å²) in [6.07, 6.45) is 6.09. The Labute approximate surface area is 149 Å². The highest BCUT2D eigenvalue weighted by Gasteiger charge is 2.42. The second kappa shape index (κ2) is 7.42. The molecule has 0 saturated heterocycles. The second-order valence-electron chi connectivity index (χ2n) is 6.82. The molecule has 0 bridgehead atoms.